The summed E-state index contributed by atoms with van der Waals surface area (Å²) in [6.45, 7) is 5.07. The standard InChI is InChI=1S/C21H28N2O4/c1-16-21(27-19-8-11-22(2)12-9-19)20(24)10-13-23(16)14-15-26-18-6-4-17(25-3)5-7-18/h4-7,10,13,19H,8-9,11-12,14-15H2,1-3H3. The Kier molecular flexibility index (Phi) is 6.40. The Morgan fingerprint density at radius 3 is 2.41 bits per heavy atom. The third-order valence-corrected chi connectivity index (χ3v) is 5.00. The van der Waals surface area contributed by atoms with Gasteiger partial charge in [-0.2, -0.15) is 0 Å². The van der Waals surface area contributed by atoms with Gasteiger partial charge in [0, 0.05) is 25.4 Å². The van der Waals surface area contributed by atoms with Crippen molar-refractivity contribution in [3.05, 3.63) is 52.4 Å². The zero-order valence-electron chi connectivity index (χ0n) is 16.3. The number of likely N-dealkylation sites (tertiary alicyclic amines) is 1. The highest BCUT2D eigenvalue weighted by atomic mass is 16.5. The number of aromatic nitrogens is 1. The summed E-state index contributed by atoms with van der Waals surface area (Å²) in [7, 11) is 3.75. The van der Waals surface area contributed by atoms with E-state index in [0.717, 1.165) is 43.1 Å². The van der Waals surface area contributed by atoms with Crippen LogP contribution in [-0.4, -0.2) is 49.4 Å². The van der Waals surface area contributed by atoms with Gasteiger partial charge in [-0.05, 0) is 51.1 Å². The third kappa shape index (κ3) is 5.04. The van der Waals surface area contributed by atoms with Crippen molar-refractivity contribution in [3.63, 3.8) is 0 Å². The molecule has 0 aliphatic carbocycles. The van der Waals surface area contributed by atoms with Crippen LogP contribution < -0.4 is 19.6 Å². The first-order valence-corrected chi connectivity index (χ1v) is 9.39. The van der Waals surface area contributed by atoms with E-state index in [4.69, 9.17) is 14.2 Å². The maximum Gasteiger partial charge on any atom is 0.223 e. The minimum atomic E-state index is -0.0567. The van der Waals surface area contributed by atoms with E-state index >= 15 is 0 Å². The molecule has 1 aliphatic heterocycles. The number of rotatable bonds is 7. The summed E-state index contributed by atoms with van der Waals surface area (Å²) < 4.78 is 19.0. The molecular weight excluding hydrogens is 344 g/mol. The van der Waals surface area contributed by atoms with Crippen LogP contribution >= 0.6 is 0 Å². The molecule has 6 heteroatoms. The van der Waals surface area contributed by atoms with Crippen molar-refractivity contribution < 1.29 is 14.2 Å². The van der Waals surface area contributed by atoms with Gasteiger partial charge in [0.05, 0.1) is 19.3 Å². The van der Waals surface area contributed by atoms with Gasteiger partial charge in [-0.15, -0.1) is 0 Å². The molecule has 1 aromatic heterocycles. The fourth-order valence-corrected chi connectivity index (χ4v) is 3.24. The van der Waals surface area contributed by atoms with E-state index in [-0.39, 0.29) is 11.5 Å². The number of hydrogen-bond acceptors (Lipinski definition) is 5. The SMILES string of the molecule is COc1ccc(OCCn2ccc(=O)c(OC3CCN(C)CC3)c2C)cc1. The first-order chi connectivity index (χ1) is 13.1. The predicted molar refractivity (Wildman–Crippen MR) is 105 cm³/mol. The van der Waals surface area contributed by atoms with Crippen molar-refractivity contribution in [1.29, 1.82) is 0 Å². The second-order valence-electron chi connectivity index (χ2n) is 6.93. The predicted octanol–water partition coefficient (Wildman–Crippen LogP) is 2.72. The fraction of sp³-hybridized carbons (Fsp3) is 0.476. The molecular formula is C21H28N2O4. The first kappa shape index (κ1) is 19.3. The molecule has 146 valence electrons. The number of benzene rings is 1. The van der Waals surface area contributed by atoms with Crippen molar-refractivity contribution in [2.45, 2.75) is 32.4 Å². The van der Waals surface area contributed by atoms with Gasteiger partial charge in [0.2, 0.25) is 5.43 Å². The summed E-state index contributed by atoms with van der Waals surface area (Å²) in [5, 5.41) is 0. The molecule has 0 N–H and O–H groups in total. The lowest BCUT2D eigenvalue weighted by Gasteiger charge is -2.29. The average Bonchev–Trinajstić information content (AvgIpc) is 2.69. The van der Waals surface area contributed by atoms with E-state index < -0.39 is 0 Å². The van der Waals surface area contributed by atoms with E-state index in [1.165, 1.54) is 0 Å². The van der Waals surface area contributed by atoms with Crippen LogP contribution in [0.25, 0.3) is 0 Å². The van der Waals surface area contributed by atoms with Gasteiger partial charge in [0.15, 0.2) is 5.75 Å². The molecule has 1 fully saturated rings. The van der Waals surface area contributed by atoms with Crippen LogP contribution in [0.3, 0.4) is 0 Å². The number of methoxy groups -OCH3 is 1. The van der Waals surface area contributed by atoms with E-state index in [9.17, 15) is 4.79 Å². The minimum Gasteiger partial charge on any atom is -0.497 e. The number of pyridine rings is 1. The zero-order valence-corrected chi connectivity index (χ0v) is 16.3. The maximum atomic E-state index is 12.3. The van der Waals surface area contributed by atoms with Crippen LogP contribution in [-0.2, 0) is 6.54 Å². The summed E-state index contributed by atoms with van der Waals surface area (Å²) in [6, 6.07) is 9.07. The van der Waals surface area contributed by atoms with Crippen LogP contribution in [0.2, 0.25) is 0 Å². The van der Waals surface area contributed by atoms with Gasteiger partial charge in [0.1, 0.15) is 24.2 Å². The topological polar surface area (TPSA) is 52.9 Å². The van der Waals surface area contributed by atoms with Crippen molar-refractivity contribution in [2.75, 3.05) is 33.9 Å². The Hall–Kier alpha value is -2.47. The number of nitrogens with zero attached hydrogens (tertiary/aromatic N) is 2. The highest BCUT2D eigenvalue weighted by Gasteiger charge is 2.20. The average molecular weight is 372 g/mol. The maximum absolute atomic E-state index is 12.3. The fourth-order valence-electron chi connectivity index (χ4n) is 3.24. The van der Waals surface area contributed by atoms with E-state index in [0.29, 0.717) is 18.9 Å². The molecule has 2 heterocycles. The highest BCUT2D eigenvalue weighted by molar-refractivity contribution is 5.31. The largest absolute Gasteiger partial charge is 0.497 e. The van der Waals surface area contributed by atoms with Crippen LogP contribution in [0.5, 0.6) is 17.2 Å². The lowest BCUT2D eigenvalue weighted by atomic mass is 10.1. The summed E-state index contributed by atoms with van der Waals surface area (Å²) >= 11 is 0. The molecule has 0 atom stereocenters. The highest BCUT2D eigenvalue weighted by Crippen LogP contribution is 2.20. The molecule has 0 saturated carbocycles. The van der Waals surface area contributed by atoms with Gasteiger partial charge in [-0.25, -0.2) is 0 Å². The molecule has 1 saturated heterocycles. The van der Waals surface area contributed by atoms with Gasteiger partial charge in [-0.3, -0.25) is 4.79 Å². The molecule has 0 radical (unpaired) electrons. The monoisotopic (exact) mass is 372 g/mol. The Labute approximate surface area is 160 Å². The second kappa shape index (κ2) is 8.95. The van der Waals surface area contributed by atoms with Crippen LogP contribution in [0, 0.1) is 6.92 Å². The van der Waals surface area contributed by atoms with Gasteiger partial charge < -0.3 is 23.7 Å². The van der Waals surface area contributed by atoms with E-state index in [1.54, 1.807) is 19.4 Å². The van der Waals surface area contributed by atoms with Crippen LogP contribution in [0.15, 0.2) is 41.3 Å². The molecule has 0 bridgehead atoms. The molecule has 2 aromatic rings. The van der Waals surface area contributed by atoms with Crippen LogP contribution in [0.4, 0.5) is 0 Å². The number of hydrogen-bond donors (Lipinski definition) is 0. The minimum absolute atomic E-state index is 0.0567. The number of ether oxygens (including phenoxy) is 3. The quantitative estimate of drug-likeness (QED) is 0.748. The van der Waals surface area contributed by atoms with E-state index in [1.807, 2.05) is 35.8 Å². The van der Waals surface area contributed by atoms with Gasteiger partial charge in [0.25, 0.3) is 0 Å². The molecule has 0 amide bonds. The van der Waals surface area contributed by atoms with Crippen molar-refractivity contribution in [2.24, 2.45) is 0 Å². The summed E-state index contributed by atoms with van der Waals surface area (Å²) in [5.41, 5.74) is 0.790. The van der Waals surface area contributed by atoms with Crippen molar-refractivity contribution in [3.8, 4) is 17.2 Å². The third-order valence-electron chi connectivity index (χ3n) is 5.00. The molecule has 3 rings (SSSR count). The smallest absolute Gasteiger partial charge is 0.223 e. The molecule has 6 nitrogen and oxygen atoms in total. The second-order valence-corrected chi connectivity index (χ2v) is 6.93. The van der Waals surface area contributed by atoms with Gasteiger partial charge in [-0.1, -0.05) is 0 Å². The lowest BCUT2D eigenvalue weighted by molar-refractivity contribution is 0.111. The van der Waals surface area contributed by atoms with Crippen LogP contribution in [0.1, 0.15) is 18.5 Å². The zero-order chi connectivity index (χ0) is 19.2. The van der Waals surface area contributed by atoms with Crippen molar-refractivity contribution >= 4 is 0 Å². The normalized spacial score (nSPS) is 15.5. The summed E-state index contributed by atoms with van der Waals surface area (Å²) in [5.74, 6) is 2.06. The van der Waals surface area contributed by atoms with E-state index in [2.05, 4.69) is 11.9 Å². The Morgan fingerprint density at radius 2 is 1.74 bits per heavy atom. The molecule has 0 spiro atoms. The molecule has 1 aliphatic rings. The Bertz CT molecular complexity index is 793. The number of piperidine rings is 1. The molecule has 0 unspecified atom stereocenters. The Morgan fingerprint density at radius 1 is 1.07 bits per heavy atom. The van der Waals surface area contributed by atoms with Gasteiger partial charge >= 0.3 is 0 Å². The summed E-state index contributed by atoms with van der Waals surface area (Å²) in [6.07, 6.45) is 3.81. The Balaban J connectivity index is 1.61. The molecule has 1 aromatic carbocycles. The summed E-state index contributed by atoms with van der Waals surface area (Å²) in [4.78, 5) is 14.6. The first-order valence-electron chi connectivity index (χ1n) is 9.39. The lowest BCUT2D eigenvalue weighted by Crippen LogP contribution is -2.36. The van der Waals surface area contributed by atoms with Crippen molar-refractivity contribution in [1.82, 2.24) is 9.47 Å². The molecule has 27 heavy (non-hydrogen) atoms.